The molecule has 0 bridgehead atoms. The second kappa shape index (κ2) is 7.60. The first-order chi connectivity index (χ1) is 14.9. The minimum Gasteiger partial charge on any atom is -0.342 e. The molecular formula is C23H24N2O5S2. The summed E-state index contributed by atoms with van der Waals surface area (Å²) >= 11 is 0. The lowest BCUT2D eigenvalue weighted by molar-refractivity contribution is 0.0930. The van der Waals surface area contributed by atoms with Crippen molar-refractivity contribution in [3.63, 3.8) is 0 Å². The van der Waals surface area contributed by atoms with Crippen molar-refractivity contribution in [2.24, 2.45) is 0 Å². The van der Waals surface area contributed by atoms with Crippen LogP contribution in [0.15, 0.2) is 60.7 Å². The predicted molar refractivity (Wildman–Crippen MR) is 126 cm³/mol. The van der Waals surface area contributed by atoms with E-state index in [2.05, 4.69) is 5.32 Å². The highest BCUT2D eigenvalue weighted by molar-refractivity contribution is 8.09. The summed E-state index contributed by atoms with van der Waals surface area (Å²) in [5.74, 6) is -0.378. The summed E-state index contributed by atoms with van der Waals surface area (Å²) in [5.41, 5.74) is 1.27. The average Bonchev–Trinajstić information content (AvgIpc) is 3.47. The van der Waals surface area contributed by atoms with Gasteiger partial charge in [-0.25, -0.2) is 16.8 Å². The zero-order valence-corrected chi connectivity index (χ0v) is 19.6. The van der Waals surface area contributed by atoms with Gasteiger partial charge in [-0.15, -0.1) is 0 Å². The van der Waals surface area contributed by atoms with Gasteiger partial charge in [0.25, 0.3) is 5.91 Å². The molecule has 3 aromatic rings. The Morgan fingerprint density at radius 3 is 2.16 bits per heavy atom. The molecular weight excluding hydrogens is 448 g/mol. The third kappa shape index (κ3) is 4.10. The fourth-order valence-corrected chi connectivity index (χ4v) is 7.07. The van der Waals surface area contributed by atoms with Gasteiger partial charge in [0.2, 0.25) is 20.0 Å². The number of rotatable bonds is 6. The Hall–Kier alpha value is -2.91. The van der Waals surface area contributed by atoms with Gasteiger partial charge >= 0.3 is 0 Å². The van der Waals surface area contributed by atoms with Crippen molar-refractivity contribution in [3.05, 3.63) is 77.4 Å². The van der Waals surface area contributed by atoms with Gasteiger partial charge in [-0.1, -0.05) is 48.5 Å². The summed E-state index contributed by atoms with van der Waals surface area (Å²) in [6, 6.07) is 18.2. The van der Waals surface area contributed by atoms with Crippen LogP contribution in [0.5, 0.6) is 0 Å². The summed E-state index contributed by atoms with van der Waals surface area (Å²) in [6.45, 7) is 1.72. The van der Waals surface area contributed by atoms with E-state index in [-0.39, 0.29) is 17.2 Å². The molecule has 1 aliphatic carbocycles. The van der Waals surface area contributed by atoms with E-state index in [9.17, 15) is 21.6 Å². The fourth-order valence-electron chi connectivity index (χ4n) is 4.11. The molecule has 1 saturated carbocycles. The molecule has 1 amide bonds. The molecule has 0 aromatic heterocycles. The first kappa shape index (κ1) is 22.3. The molecule has 0 aliphatic heterocycles. The van der Waals surface area contributed by atoms with E-state index in [1.165, 1.54) is 12.1 Å². The maximum Gasteiger partial charge on any atom is 0.252 e. The van der Waals surface area contributed by atoms with Crippen molar-refractivity contribution >= 4 is 42.4 Å². The minimum atomic E-state index is -4.11. The molecule has 0 heterocycles. The van der Waals surface area contributed by atoms with Gasteiger partial charge in [0.1, 0.15) is 0 Å². The second-order valence-electron chi connectivity index (χ2n) is 8.29. The highest BCUT2D eigenvalue weighted by Crippen LogP contribution is 2.48. The number of sulfonamides is 2. The van der Waals surface area contributed by atoms with Crippen LogP contribution in [0.1, 0.15) is 34.3 Å². The molecule has 3 aromatic carbocycles. The molecule has 9 heteroatoms. The highest BCUT2D eigenvalue weighted by atomic mass is 32.3. The Kier molecular flexibility index (Phi) is 5.29. The number of hydrogen-bond acceptors (Lipinski definition) is 5. The molecule has 0 unspecified atom stereocenters. The van der Waals surface area contributed by atoms with Gasteiger partial charge in [0.05, 0.1) is 23.7 Å². The number of carbonyl (C=O) groups excluding carboxylic acids is 1. The number of fused-ring (bicyclic) bond motifs is 1. The van der Waals surface area contributed by atoms with E-state index in [1.54, 1.807) is 13.0 Å². The molecule has 168 valence electrons. The average molecular weight is 473 g/mol. The molecule has 4 rings (SSSR count). The highest BCUT2D eigenvalue weighted by Gasteiger charge is 2.46. The molecule has 7 nitrogen and oxygen atoms in total. The molecule has 32 heavy (non-hydrogen) atoms. The Balaban J connectivity index is 1.72. The molecule has 0 radical (unpaired) electrons. The number of amides is 1. The Labute approximate surface area is 188 Å². The first-order valence-corrected chi connectivity index (χ1v) is 13.7. The van der Waals surface area contributed by atoms with Crippen molar-refractivity contribution in [2.75, 3.05) is 16.2 Å². The lowest BCUT2D eigenvalue weighted by atomic mass is 9.96. The van der Waals surface area contributed by atoms with Crippen LogP contribution < -0.4 is 9.03 Å². The van der Waals surface area contributed by atoms with E-state index < -0.39 is 25.6 Å². The molecule has 0 spiro atoms. The fraction of sp³-hybridized carbons (Fsp3) is 0.261. The molecule has 0 atom stereocenters. The lowest BCUT2D eigenvalue weighted by Crippen LogP contribution is -2.37. The summed E-state index contributed by atoms with van der Waals surface area (Å²) in [7, 11) is -8.21. The number of aryl methyl sites for hydroxylation is 1. The lowest BCUT2D eigenvalue weighted by Gasteiger charge is -2.23. The minimum absolute atomic E-state index is 0.0965. The number of hydrogen-bond donors (Lipinski definition) is 1. The van der Waals surface area contributed by atoms with Crippen LogP contribution in [0.3, 0.4) is 0 Å². The van der Waals surface area contributed by atoms with E-state index >= 15 is 0 Å². The number of benzene rings is 3. The maximum atomic E-state index is 13.3. The van der Waals surface area contributed by atoms with Gasteiger partial charge in [0, 0.05) is 5.56 Å². The van der Waals surface area contributed by atoms with E-state index in [4.69, 9.17) is 0 Å². The van der Waals surface area contributed by atoms with Crippen LogP contribution in [0.4, 0.5) is 5.69 Å². The predicted octanol–water partition coefficient (Wildman–Crippen LogP) is 3.29. The Morgan fingerprint density at radius 2 is 1.53 bits per heavy atom. The van der Waals surface area contributed by atoms with E-state index in [0.29, 0.717) is 9.27 Å². The van der Waals surface area contributed by atoms with Crippen molar-refractivity contribution in [2.45, 2.75) is 25.3 Å². The van der Waals surface area contributed by atoms with Crippen molar-refractivity contribution in [1.29, 1.82) is 0 Å². The number of nitrogens with one attached hydrogen (secondary N) is 1. The van der Waals surface area contributed by atoms with Crippen LogP contribution >= 0.6 is 0 Å². The third-order valence-electron chi connectivity index (χ3n) is 5.69. The van der Waals surface area contributed by atoms with Crippen LogP contribution in [-0.4, -0.2) is 35.3 Å². The van der Waals surface area contributed by atoms with E-state index in [1.807, 2.05) is 42.5 Å². The van der Waals surface area contributed by atoms with Crippen molar-refractivity contribution in [1.82, 2.24) is 5.32 Å². The van der Waals surface area contributed by atoms with Gasteiger partial charge < -0.3 is 5.32 Å². The van der Waals surface area contributed by atoms with Crippen LogP contribution in [0, 0.1) is 6.92 Å². The third-order valence-corrected chi connectivity index (χ3v) is 8.94. The van der Waals surface area contributed by atoms with E-state index in [0.717, 1.165) is 41.7 Å². The van der Waals surface area contributed by atoms with Gasteiger partial charge in [-0.05, 0) is 53.8 Å². The first-order valence-electron chi connectivity index (χ1n) is 10.0. The molecule has 1 aliphatic rings. The summed E-state index contributed by atoms with van der Waals surface area (Å²) in [5, 5.41) is 5.27. The monoisotopic (exact) mass is 472 g/mol. The number of carbonyl (C=O) groups is 1. The van der Waals surface area contributed by atoms with Crippen LogP contribution in [-0.2, 0) is 25.6 Å². The van der Waals surface area contributed by atoms with Crippen molar-refractivity contribution in [3.8, 4) is 0 Å². The quantitative estimate of drug-likeness (QED) is 0.593. The van der Waals surface area contributed by atoms with Gasteiger partial charge in [-0.3, -0.25) is 4.79 Å². The normalized spacial score (nSPS) is 15.3. The van der Waals surface area contributed by atoms with Crippen molar-refractivity contribution < 1.29 is 21.6 Å². The zero-order chi connectivity index (χ0) is 23.3. The Bertz CT molecular complexity index is 1400. The summed E-state index contributed by atoms with van der Waals surface area (Å²) < 4.78 is 48.9. The number of anilines is 1. The second-order valence-corrected chi connectivity index (χ2v) is 12.2. The molecule has 1 fully saturated rings. The smallest absolute Gasteiger partial charge is 0.252 e. The van der Waals surface area contributed by atoms with Crippen LogP contribution in [0.25, 0.3) is 10.8 Å². The largest absolute Gasteiger partial charge is 0.342 e. The number of nitrogens with zero attached hydrogens (tertiary/aromatic N) is 1. The maximum absolute atomic E-state index is 13.3. The van der Waals surface area contributed by atoms with Crippen LogP contribution in [0.2, 0.25) is 0 Å². The van der Waals surface area contributed by atoms with Gasteiger partial charge in [-0.2, -0.15) is 3.71 Å². The molecule has 0 saturated heterocycles. The standard InChI is InChI=1S/C23H24N2O5S2/c1-16-11-12-18(25(31(2,27)28)32(3,29)30)15-20(16)22(26)24-23(13-14-23)21-10-6-8-17-7-4-5-9-19(17)21/h4-12,15H,13-14H2,1-3H3,(H,24,26). The summed E-state index contributed by atoms with van der Waals surface area (Å²) in [4.78, 5) is 13.3. The zero-order valence-electron chi connectivity index (χ0n) is 18.0. The SMILES string of the molecule is Cc1ccc(N(S(C)(=O)=O)S(C)(=O)=O)cc1C(=O)NC1(c2cccc3ccccc23)CC1. The Morgan fingerprint density at radius 1 is 0.906 bits per heavy atom. The van der Waals surface area contributed by atoms with Gasteiger partial charge in [0.15, 0.2) is 0 Å². The topological polar surface area (TPSA) is 101 Å². The molecule has 1 N–H and O–H groups in total. The summed E-state index contributed by atoms with van der Waals surface area (Å²) in [6.07, 6.45) is 3.19.